The lowest BCUT2D eigenvalue weighted by molar-refractivity contribution is -0.137. The highest BCUT2D eigenvalue weighted by atomic mass is 31.2. The van der Waals surface area contributed by atoms with E-state index in [1.54, 1.807) is 30.3 Å². The first kappa shape index (κ1) is 12.9. The Morgan fingerprint density at radius 2 is 1.81 bits per heavy atom. The van der Waals surface area contributed by atoms with Gasteiger partial charge in [0.1, 0.15) is 0 Å². The highest BCUT2D eigenvalue weighted by Gasteiger charge is 2.24. The molecule has 0 aliphatic carbocycles. The predicted molar refractivity (Wildman–Crippen MR) is 58.3 cm³/mol. The van der Waals surface area contributed by atoms with Crippen LogP contribution in [0.2, 0.25) is 0 Å². The number of carbonyl (C=O) groups is 1. The zero-order chi connectivity index (χ0) is 12.2. The number of hydrogen-bond donors (Lipinski definition) is 3. The van der Waals surface area contributed by atoms with Crippen molar-refractivity contribution in [3.63, 3.8) is 0 Å². The van der Waals surface area contributed by atoms with Crippen LogP contribution in [0, 0.1) is 0 Å². The van der Waals surface area contributed by atoms with Gasteiger partial charge in [0.25, 0.3) is 0 Å². The molecule has 0 amide bonds. The molecule has 0 heterocycles. The predicted octanol–water partition coefficient (Wildman–Crippen LogP) is 1.42. The van der Waals surface area contributed by atoms with Crippen molar-refractivity contribution in [2.45, 2.75) is 12.3 Å². The van der Waals surface area contributed by atoms with Crippen molar-refractivity contribution in [1.29, 1.82) is 0 Å². The molecule has 0 saturated carbocycles. The van der Waals surface area contributed by atoms with E-state index in [1.807, 2.05) is 0 Å². The van der Waals surface area contributed by atoms with Crippen molar-refractivity contribution in [3.8, 4) is 0 Å². The average Bonchev–Trinajstić information content (AvgIpc) is 2.15. The van der Waals surface area contributed by atoms with Crippen LogP contribution in [0.1, 0.15) is 17.9 Å². The Labute approximate surface area is 92.9 Å². The second kappa shape index (κ2) is 5.25. The highest BCUT2D eigenvalue weighted by Crippen LogP contribution is 2.41. The van der Waals surface area contributed by atoms with Gasteiger partial charge in [-0.15, -0.1) is 0 Å². The quantitative estimate of drug-likeness (QED) is 0.681. The maximum Gasteiger partial charge on any atom is 0.326 e. The summed E-state index contributed by atoms with van der Waals surface area (Å²) in [5, 5.41) is 8.69. The molecule has 0 spiro atoms. The van der Waals surface area contributed by atoms with Crippen LogP contribution in [0.15, 0.2) is 30.3 Å². The van der Waals surface area contributed by atoms with Crippen molar-refractivity contribution in [2.24, 2.45) is 0 Å². The van der Waals surface area contributed by atoms with Crippen molar-refractivity contribution < 1.29 is 24.3 Å². The lowest BCUT2D eigenvalue weighted by Gasteiger charge is -2.15. The molecule has 1 rings (SSSR count). The van der Waals surface area contributed by atoms with E-state index in [2.05, 4.69) is 0 Å². The van der Waals surface area contributed by atoms with Crippen LogP contribution in [-0.2, 0) is 9.36 Å². The van der Waals surface area contributed by atoms with Gasteiger partial charge in [-0.1, -0.05) is 30.3 Å². The molecule has 1 aromatic rings. The van der Waals surface area contributed by atoms with Gasteiger partial charge in [-0.05, 0) is 5.56 Å². The fourth-order valence-corrected chi connectivity index (χ4v) is 2.42. The normalized spacial score (nSPS) is 13.4. The Morgan fingerprint density at radius 3 is 2.25 bits per heavy atom. The van der Waals surface area contributed by atoms with Crippen LogP contribution in [0.4, 0.5) is 0 Å². The number of benzene rings is 1. The second-order valence-electron chi connectivity index (χ2n) is 3.55. The average molecular weight is 244 g/mol. The summed E-state index contributed by atoms with van der Waals surface area (Å²) in [6.45, 7) is 0. The minimum absolute atomic E-state index is 0.283. The first-order chi connectivity index (χ1) is 7.38. The molecule has 16 heavy (non-hydrogen) atoms. The highest BCUT2D eigenvalue weighted by molar-refractivity contribution is 7.51. The van der Waals surface area contributed by atoms with Gasteiger partial charge >= 0.3 is 13.6 Å². The molecular formula is C10H13O5P. The zero-order valence-electron chi connectivity index (χ0n) is 8.48. The number of carboxylic acid groups (broad SMARTS) is 1. The summed E-state index contributed by atoms with van der Waals surface area (Å²) >= 11 is 0. The third-order valence-electron chi connectivity index (χ3n) is 2.15. The molecule has 0 saturated heterocycles. The van der Waals surface area contributed by atoms with Gasteiger partial charge < -0.3 is 14.9 Å². The number of rotatable bonds is 5. The molecule has 3 N–H and O–H groups in total. The van der Waals surface area contributed by atoms with Crippen LogP contribution < -0.4 is 0 Å². The van der Waals surface area contributed by atoms with Crippen LogP contribution in [0.3, 0.4) is 0 Å². The van der Waals surface area contributed by atoms with E-state index in [4.69, 9.17) is 14.9 Å². The van der Waals surface area contributed by atoms with Crippen LogP contribution in [-0.4, -0.2) is 27.0 Å². The number of aliphatic carboxylic acids is 1. The Hall–Kier alpha value is -1.16. The molecule has 0 bridgehead atoms. The van der Waals surface area contributed by atoms with Gasteiger partial charge in [0.2, 0.25) is 0 Å². The van der Waals surface area contributed by atoms with Crippen LogP contribution in [0.5, 0.6) is 0 Å². The Kier molecular flexibility index (Phi) is 4.24. The van der Waals surface area contributed by atoms with Gasteiger partial charge in [0, 0.05) is 5.92 Å². The fourth-order valence-electron chi connectivity index (χ4n) is 1.51. The van der Waals surface area contributed by atoms with Crippen LogP contribution in [0.25, 0.3) is 0 Å². The van der Waals surface area contributed by atoms with Crippen molar-refractivity contribution in [3.05, 3.63) is 35.9 Å². The van der Waals surface area contributed by atoms with Gasteiger partial charge in [-0.3, -0.25) is 9.36 Å². The molecule has 1 atom stereocenters. The Bertz CT molecular complexity index is 397. The van der Waals surface area contributed by atoms with E-state index in [9.17, 15) is 9.36 Å². The van der Waals surface area contributed by atoms with Crippen LogP contribution >= 0.6 is 7.60 Å². The first-order valence-corrected chi connectivity index (χ1v) is 6.49. The van der Waals surface area contributed by atoms with E-state index < -0.39 is 25.6 Å². The van der Waals surface area contributed by atoms with E-state index >= 15 is 0 Å². The smallest absolute Gasteiger partial charge is 0.326 e. The van der Waals surface area contributed by atoms with Crippen molar-refractivity contribution >= 4 is 13.6 Å². The molecule has 0 aromatic heterocycles. The van der Waals surface area contributed by atoms with Crippen molar-refractivity contribution in [1.82, 2.24) is 0 Å². The first-order valence-electron chi connectivity index (χ1n) is 4.70. The second-order valence-corrected chi connectivity index (χ2v) is 5.25. The summed E-state index contributed by atoms with van der Waals surface area (Å²) in [5.41, 5.74) is 0.633. The molecule has 88 valence electrons. The van der Waals surface area contributed by atoms with E-state index in [1.165, 1.54) is 0 Å². The number of hydrogen-bond acceptors (Lipinski definition) is 2. The summed E-state index contributed by atoms with van der Waals surface area (Å²) in [7, 11) is -4.21. The third-order valence-corrected chi connectivity index (χ3v) is 3.07. The minimum atomic E-state index is -4.21. The fraction of sp³-hybridized carbons (Fsp3) is 0.300. The maximum absolute atomic E-state index is 10.9. The van der Waals surface area contributed by atoms with Gasteiger partial charge in [0.05, 0.1) is 12.6 Å². The van der Waals surface area contributed by atoms with E-state index in [0.29, 0.717) is 5.56 Å². The molecule has 1 aromatic carbocycles. The molecule has 5 nitrogen and oxygen atoms in total. The van der Waals surface area contributed by atoms with Crippen molar-refractivity contribution in [2.75, 3.05) is 6.16 Å². The third kappa shape index (κ3) is 4.57. The summed E-state index contributed by atoms with van der Waals surface area (Å²) in [5.74, 6) is -1.72. The summed E-state index contributed by atoms with van der Waals surface area (Å²) < 4.78 is 10.9. The standard InChI is InChI=1S/C10H13O5P/c11-10(12)6-9(7-16(13,14)15)8-4-2-1-3-5-8/h1-5,9H,6-7H2,(H,11,12)(H2,13,14,15). The Morgan fingerprint density at radius 1 is 1.25 bits per heavy atom. The van der Waals surface area contributed by atoms with Gasteiger partial charge in [-0.25, -0.2) is 0 Å². The molecule has 0 fully saturated rings. The van der Waals surface area contributed by atoms with Gasteiger partial charge in [-0.2, -0.15) is 0 Å². The largest absolute Gasteiger partial charge is 0.481 e. The molecular weight excluding hydrogens is 231 g/mol. The molecule has 1 unspecified atom stereocenters. The lowest BCUT2D eigenvalue weighted by atomic mass is 9.98. The molecule has 0 aliphatic heterocycles. The zero-order valence-corrected chi connectivity index (χ0v) is 9.38. The maximum atomic E-state index is 10.9. The molecule has 6 heteroatoms. The lowest BCUT2D eigenvalue weighted by Crippen LogP contribution is -2.10. The Balaban J connectivity index is 2.88. The SMILES string of the molecule is O=C(O)CC(CP(=O)(O)O)c1ccccc1. The summed E-state index contributed by atoms with van der Waals surface area (Å²) in [6, 6.07) is 8.53. The number of carboxylic acids is 1. The molecule has 0 radical (unpaired) electrons. The van der Waals surface area contributed by atoms with E-state index in [-0.39, 0.29) is 6.42 Å². The summed E-state index contributed by atoms with van der Waals surface area (Å²) in [6.07, 6.45) is -0.724. The minimum Gasteiger partial charge on any atom is -0.481 e. The summed E-state index contributed by atoms with van der Waals surface area (Å²) in [4.78, 5) is 28.4. The topological polar surface area (TPSA) is 94.8 Å². The monoisotopic (exact) mass is 244 g/mol. The molecule has 0 aliphatic rings. The van der Waals surface area contributed by atoms with Gasteiger partial charge in [0.15, 0.2) is 0 Å². The van der Waals surface area contributed by atoms with E-state index in [0.717, 1.165) is 0 Å².